The number of amides is 1. The monoisotopic (exact) mass is 444 g/mol. The summed E-state index contributed by atoms with van der Waals surface area (Å²) in [5.41, 5.74) is -0.288. The molecule has 9 heteroatoms. The van der Waals surface area contributed by atoms with Gasteiger partial charge in [0.25, 0.3) is 15.9 Å². The van der Waals surface area contributed by atoms with E-state index in [-0.39, 0.29) is 34.0 Å². The first-order valence-electron chi connectivity index (χ1n) is 9.58. The number of hydrogen-bond donors (Lipinski definition) is 2. The van der Waals surface area contributed by atoms with E-state index in [0.717, 1.165) is 0 Å². The maximum Gasteiger partial charge on any atom is 0.287 e. The van der Waals surface area contributed by atoms with Gasteiger partial charge in [-0.15, -0.1) is 0 Å². The topological polar surface area (TPSA) is 107 Å². The second-order valence-electron chi connectivity index (χ2n) is 8.66. The molecule has 162 valence electrons. The Morgan fingerprint density at radius 3 is 2.35 bits per heavy atom. The van der Waals surface area contributed by atoms with Gasteiger partial charge >= 0.3 is 0 Å². The minimum atomic E-state index is -4.22. The van der Waals surface area contributed by atoms with Crippen LogP contribution in [0.3, 0.4) is 0 Å². The Bertz CT molecular complexity index is 1260. The third-order valence-corrected chi connectivity index (χ3v) is 6.71. The number of nitrogens with zero attached hydrogens (tertiary/aromatic N) is 2. The van der Waals surface area contributed by atoms with E-state index in [0.29, 0.717) is 5.56 Å². The molecule has 0 aromatic heterocycles. The van der Waals surface area contributed by atoms with Gasteiger partial charge in [0.1, 0.15) is 33.5 Å². The normalized spacial score (nSPS) is 20.3. The Labute approximate surface area is 179 Å². The second kappa shape index (κ2) is 6.91. The fourth-order valence-corrected chi connectivity index (χ4v) is 5.38. The Morgan fingerprint density at radius 1 is 1.10 bits per heavy atom. The largest absolute Gasteiger partial charge is 0.509 e. The highest BCUT2D eigenvalue weighted by atomic mass is 32.2. The van der Waals surface area contributed by atoms with Crippen molar-refractivity contribution in [2.75, 3.05) is 0 Å². The first-order chi connectivity index (χ1) is 14.4. The number of carbonyl (C=O) groups excluding carboxylic acids is 1. The van der Waals surface area contributed by atoms with Gasteiger partial charge in [-0.2, -0.15) is 12.8 Å². The zero-order valence-corrected chi connectivity index (χ0v) is 17.9. The number of sulfonamides is 1. The van der Waals surface area contributed by atoms with Crippen molar-refractivity contribution >= 4 is 21.6 Å². The molecule has 1 amide bonds. The number of carbonyl (C=O) groups is 1. The van der Waals surface area contributed by atoms with E-state index in [9.17, 15) is 27.8 Å². The quantitative estimate of drug-likeness (QED) is 0.755. The maximum atomic E-state index is 13.4. The first kappa shape index (κ1) is 21.0. The number of fused-ring (bicyclic) bond motifs is 1. The van der Waals surface area contributed by atoms with Crippen LogP contribution in [-0.4, -0.2) is 41.2 Å². The summed E-state index contributed by atoms with van der Waals surface area (Å²) < 4.78 is 42.1. The van der Waals surface area contributed by atoms with Gasteiger partial charge in [0.05, 0.1) is 6.04 Å². The van der Waals surface area contributed by atoms with Crippen molar-refractivity contribution in [2.24, 2.45) is 9.81 Å². The van der Waals surface area contributed by atoms with E-state index >= 15 is 0 Å². The summed E-state index contributed by atoms with van der Waals surface area (Å²) in [6.45, 7) is 5.61. The fraction of sp³-hybridized carbons (Fsp3) is 0.273. The number of hydrogen-bond acceptors (Lipinski definition) is 5. The van der Waals surface area contributed by atoms with Crippen molar-refractivity contribution in [1.82, 2.24) is 4.90 Å². The Balaban J connectivity index is 1.84. The number of phenolic OH excluding ortho intramolecular Hbond substituents is 1. The zero-order chi connectivity index (χ0) is 22.7. The molecular weight excluding hydrogens is 423 g/mol. The Kier molecular flexibility index (Phi) is 4.69. The molecule has 0 radical (unpaired) electrons. The summed E-state index contributed by atoms with van der Waals surface area (Å²) >= 11 is 0. The molecule has 2 aliphatic heterocycles. The molecule has 2 heterocycles. The SMILES string of the molecule is CC(C)(C)C1C(O)=C(C2=NS(=O)(=O)c3c(O)cccc32)C(=O)N1Cc1ccc(F)cc1. The van der Waals surface area contributed by atoms with Gasteiger partial charge in [-0.1, -0.05) is 45.0 Å². The lowest BCUT2D eigenvalue weighted by Gasteiger charge is -2.35. The summed E-state index contributed by atoms with van der Waals surface area (Å²) in [6, 6.07) is 8.99. The van der Waals surface area contributed by atoms with E-state index in [2.05, 4.69) is 4.40 Å². The van der Waals surface area contributed by atoms with Crippen molar-refractivity contribution in [3.05, 3.63) is 70.7 Å². The van der Waals surface area contributed by atoms with Gasteiger partial charge < -0.3 is 15.1 Å². The highest BCUT2D eigenvalue weighted by Crippen LogP contribution is 2.42. The molecule has 1 unspecified atom stereocenters. The molecule has 0 saturated heterocycles. The summed E-state index contributed by atoms with van der Waals surface area (Å²) in [5.74, 6) is -1.76. The van der Waals surface area contributed by atoms with Gasteiger partial charge in [0.2, 0.25) is 0 Å². The smallest absolute Gasteiger partial charge is 0.287 e. The average Bonchev–Trinajstić information content (AvgIpc) is 3.07. The molecule has 0 saturated carbocycles. The summed E-state index contributed by atoms with van der Waals surface area (Å²) in [4.78, 5) is 14.5. The van der Waals surface area contributed by atoms with Crippen molar-refractivity contribution in [2.45, 2.75) is 38.3 Å². The van der Waals surface area contributed by atoms with Gasteiger partial charge in [-0.3, -0.25) is 4.79 Å². The van der Waals surface area contributed by atoms with Crippen LogP contribution in [0.1, 0.15) is 31.9 Å². The number of halogens is 1. The number of benzene rings is 2. The lowest BCUT2D eigenvalue weighted by molar-refractivity contribution is -0.129. The molecule has 1 atom stereocenters. The van der Waals surface area contributed by atoms with Crippen LogP contribution >= 0.6 is 0 Å². The molecule has 7 nitrogen and oxygen atoms in total. The third kappa shape index (κ3) is 3.38. The summed E-state index contributed by atoms with van der Waals surface area (Å²) in [5, 5.41) is 21.1. The standard InChI is InChI=1S/C22H21FN2O5S/c1-22(2,3)20-18(27)16(21(28)25(20)11-12-7-9-13(23)10-8-12)17-14-5-4-6-15(26)19(14)31(29,30)24-17/h4-10,20,26-27H,11H2,1-3H3. The van der Waals surface area contributed by atoms with Crippen molar-refractivity contribution in [3.8, 4) is 5.75 Å². The molecule has 0 fully saturated rings. The average molecular weight is 444 g/mol. The highest BCUT2D eigenvalue weighted by molar-refractivity contribution is 7.91. The van der Waals surface area contributed by atoms with Gasteiger partial charge in [0.15, 0.2) is 0 Å². The van der Waals surface area contributed by atoms with E-state index < -0.39 is 39.0 Å². The van der Waals surface area contributed by atoms with Crippen molar-refractivity contribution in [3.63, 3.8) is 0 Å². The molecular formula is C22H21FN2O5S. The Morgan fingerprint density at radius 2 is 1.74 bits per heavy atom. The molecule has 2 N–H and O–H groups in total. The summed E-state index contributed by atoms with van der Waals surface area (Å²) in [6.07, 6.45) is 0. The van der Waals surface area contributed by atoms with E-state index in [1.54, 1.807) is 12.1 Å². The van der Waals surface area contributed by atoms with E-state index in [1.807, 2.05) is 20.8 Å². The molecule has 31 heavy (non-hydrogen) atoms. The van der Waals surface area contributed by atoms with Crippen LogP contribution in [0.4, 0.5) is 4.39 Å². The Hall–Kier alpha value is -3.20. The number of phenols is 1. The lowest BCUT2D eigenvalue weighted by Crippen LogP contribution is -2.43. The van der Waals surface area contributed by atoms with E-state index in [1.165, 1.54) is 35.2 Å². The minimum Gasteiger partial charge on any atom is -0.509 e. The molecule has 2 aromatic carbocycles. The maximum absolute atomic E-state index is 13.4. The van der Waals surface area contributed by atoms with Gasteiger partial charge in [-0.25, -0.2) is 4.39 Å². The van der Waals surface area contributed by atoms with Gasteiger partial charge in [-0.05, 0) is 29.2 Å². The van der Waals surface area contributed by atoms with Crippen molar-refractivity contribution < 1.29 is 27.8 Å². The van der Waals surface area contributed by atoms with Crippen molar-refractivity contribution in [1.29, 1.82) is 0 Å². The van der Waals surface area contributed by atoms with Crippen LogP contribution in [0.2, 0.25) is 0 Å². The van der Waals surface area contributed by atoms with Gasteiger partial charge in [0, 0.05) is 12.1 Å². The third-order valence-electron chi connectivity index (χ3n) is 5.34. The molecule has 0 bridgehead atoms. The molecule has 0 spiro atoms. The summed E-state index contributed by atoms with van der Waals surface area (Å²) in [7, 11) is -4.22. The zero-order valence-electron chi connectivity index (χ0n) is 17.1. The number of aliphatic hydroxyl groups excluding tert-OH is 1. The predicted octanol–water partition coefficient (Wildman–Crippen LogP) is 3.29. The molecule has 2 aliphatic rings. The molecule has 4 rings (SSSR count). The second-order valence-corrected chi connectivity index (χ2v) is 10.2. The number of rotatable bonds is 3. The molecule has 2 aromatic rings. The van der Waals surface area contributed by atoms with Crippen LogP contribution in [0, 0.1) is 11.2 Å². The highest BCUT2D eigenvalue weighted by Gasteiger charge is 2.49. The minimum absolute atomic E-state index is 0.0613. The van der Waals surface area contributed by atoms with Crippen LogP contribution in [-0.2, 0) is 21.4 Å². The fourth-order valence-electron chi connectivity index (χ4n) is 4.08. The van der Waals surface area contributed by atoms with E-state index in [4.69, 9.17) is 0 Å². The van der Waals surface area contributed by atoms with Crippen LogP contribution in [0.15, 0.2) is 63.1 Å². The predicted molar refractivity (Wildman–Crippen MR) is 112 cm³/mol. The van der Waals surface area contributed by atoms with Crippen LogP contribution in [0.25, 0.3) is 0 Å². The lowest BCUT2D eigenvalue weighted by atomic mass is 9.84. The van der Waals surface area contributed by atoms with Crippen LogP contribution < -0.4 is 0 Å². The molecule has 0 aliphatic carbocycles. The number of aromatic hydroxyl groups is 1. The number of aliphatic hydroxyl groups is 1. The van der Waals surface area contributed by atoms with Crippen LogP contribution in [0.5, 0.6) is 5.75 Å². The first-order valence-corrected chi connectivity index (χ1v) is 11.0.